The highest BCUT2D eigenvalue weighted by Crippen LogP contribution is 2.63. The highest BCUT2D eigenvalue weighted by atomic mass is 32.2. The Labute approximate surface area is 201 Å². The number of hydrogen-bond donors (Lipinski definition) is 1. The molecule has 0 saturated heterocycles. The molecule has 0 unspecified atom stereocenters. The van der Waals surface area contributed by atoms with Gasteiger partial charge in [-0.3, -0.25) is 4.79 Å². The molecule has 1 N–H and O–H groups in total. The molecule has 0 radical (unpaired) electrons. The Morgan fingerprint density at radius 1 is 1.06 bits per heavy atom. The summed E-state index contributed by atoms with van der Waals surface area (Å²) in [6.45, 7) is 2.40. The summed E-state index contributed by atoms with van der Waals surface area (Å²) in [6, 6.07) is 14.4. The lowest BCUT2D eigenvalue weighted by Crippen LogP contribution is -2.44. The average molecular weight is 463 g/mol. The van der Waals surface area contributed by atoms with Gasteiger partial charge in [0.05, 0.1) is 5.56 Å². The van der Waals surface area contributed by atoms with Crippen LogP contribution in [0.4, 0.5) is 0 Å². The van der Waals surface area contributed by atoms with E-state index in [4.69, 9.17) is 0 Å². The van der Waals surface area contributed by atoms with E-state index < -0.39 is 5.97 Å². The first-order chi connectivity index (χ1) is 15.9. The minimum atomic E-state index is -0.839. The lowest BCUT2D eigenvalue weighted by atomic mass is 9.53. The third kappa shape index (κ3) is 4.05. The Bertz CT molecular complexity index is 1060. The number of carbonyl (C=O) groups excluding carboxylic acids is 1. The summed E-state index contributed by atoms with van der Waals surface area (Å²) in [5.74, 6) is 1.59. The van der Waals surface area contributed by atoms with Crippen molar-refractivity contribution in [2.45, 2.75) is 69.1 Å². The van der Waals surface area contributed by atoms with Gasteiger partial charge in [-0.25, -0.2) is 4.79 Å². The number of carboxylic acids is 1. The Morgan fingerprint density at radius 3 is 2.58 bits per heavy atom. The van der Waals surface area contributed by atoms with Crippen LogP contribution >= 0.6 is 11.8 Å². The maximum Gasteiger partial charge on any atom is 0.335 e. The number of Topliss-reactive ketones (excluding diaryl/α,β-unsaturated/α-hetero) is 1. The smallest absolute Gasteiger partial charge is 0.335 e. The number of aryl methyl sites for hydroxylation is 2. The fourth-order valence-corrected chi connectivity index (χ4v) is 7.89. The van der Waals surface area contributed by atoms with Crippen molar-refractivity contribution in [2.24, 2.45) is 23.2 Å². The van der Waals surface area contributed by atoms with E-state index in [-0.39, 0.29) is 11.3 Å². The molecule has 2 fully saturated rings. The molecular weight excluding hydrogens is 428 g/mol. The molecule has 0 aromatic heterocycles. The molecule has 0 amide bonds. The summed E-state index contributed by atoms with van der Waals surface area (Å²) in [4.78, 5) is 26.1. The highest BCUT2D eigenvalue weighted by Gasteiger charge is 2.56. The zero-order valence-corrected chi connectivity index (χ0v) is 20.5. The standard InChI is InChI=1S/C29H34O3S/c1-29-16-15-23-22-10-7-20(28(31)32)17-19(22)6-11-24(23)25(29)12-13-26(29)27(30)14-5-18-3-8-21(33-2)9-4-18/h3-4,7-10,17,23-26H,5-6,11-16H2,1-2H3,(H,31,32)/t23-,24-,25+,26-,29+/m1/s1. The van der Waals surface area contributed by atoms with E-state index in [1.54, 1.807) is 17.8 Å². The molecule has 2 saturated carbocycles. The first-order valence-electron chi connectivity index (χ1n) is 12.4. The van der Waals surface area contributed by atoms with Gasteiger partial charge >= 0.3 is 5.97 Å². The first-order valence-corrected chi connectivity index (χ1v) is 13.6. The van der Waals surface area contributed by atoms with Crippen LogP contribution in [0.5, 0.6) is 0 Å². The number of thioether (sulfide) groups is 1. The van der Waals surface area contributed by atoms with Crippen LogP contribution in [-0.2, 0) is 17.6 Å². The fraction of sp³-hybridized carbons (Fsp3) is 0.517. The van der Waals surface area contributed by atoms with Crippen molar-refractivity contribution in [3.8, 4) is 0 Å². The summed E-state index contributed by atoms with van der Waals surface area (Å²) >= 11 is 1.75. The van der Waals surface area contributed by atoms with Crippen LogP contribution in [0, 0.1) is 23.2 Å². The van der Waals surface area contributed by atoms with Crippen LogP contribution in [-0.4, -0.2) is 23.1 Å². The summed E-state index contributed by atoms with van der Waals surface area (Å²) < 4.78 is 0. The molecule has 0 spiro atoms. The van der Waals surface area contributed by atoms with Gasteiger partial charge in [-0.2, -0.15) is 0 Å². The number of carboxylic acid groups (broad SMARTS) is 1. The van der Waals surface area contributed by atoms with E-state index in [2.05, 4.69) is 43.5 Å². The molecule has 3 aliphatic rings. The lowest BCUT2D eigenvalue weighted by Gasteiger charge is -2.50. The Hall–Kier alpha value is -2.07. The van der Waals surface area contributed by atoms with Crippen LogP contribution in [0.2, 0.25) is 0 Å². The van der Waals surface area contributed by atoms with E-state index in [1.165, 1.54) is 28.0 Å². The highest BCUT2D eigenvalue weighted by molar-refractivity contribution is 7.98. The van der Waals surface area contributed by atoms with Crippen molar-refractivity contribution >= 4 is 23.5 Å². The van der Waals surface area contributed by atoms with Gasteiger partial charge in [-0.15, -0.1) is 11.8 Å². The summed E-state index contributed by atoms with van der Waals surface area (Å²) in [5.41, 5.74) is 4.40. The Kier molecular flexibility index (Phi) is 6.15. The quantitative estimate of drug-likeness (QED) is 0.481. The van der Waals surface area contributed by atoms with Gasteiger partial charge in [0.25, 0.3) is 0 Å². The number of aromatic carboxylic acids is 1. The van der Waals surface area contributed by atoms with Gasteiger partial charge in [-0.1, -0.05) is 25.1 Å². The fourth-order valence-electron chi connectivity index (χ4n) is 7.48. The van der Waals surface area contributed by atoms with Gasteiger partial charge in [0.15, 0.2) is 0 Å². The van der Waals surface area contributed by atoms with Gasteiger partial charge in [0.2, 0.25) is 0 Å². The third-order valence-corrected chi connectivity index (χ3v) is 9.92. The van der Waals surface area contributed by atoms with Crippen molar-refractivity contribution in [1.29, 1.82) is 0 Å². The molecule has 5 atom stereocenters. The molecule has 5 rings (SSSR count). The molecule has 2 aromatic rings. The Balaban J connectivity index is 1.29. The van der Waals surface area contributed by atoms with E-state index in [0.717, 1.165) is 38.5 Å². The van der Waals surface area contributed by atoms with Gasteiger partial charge in [-0.05, 0) is 115 Å². The van der Waals surface area contributed by atoms with Crippen molar-refractivity contribution in [3.63, 3.8) is 0 Å². The van der Waals surface area contributed by atoms with Crippen molar-refractivity contribution in [3.05, 3.63) is 64.7 Å². The average Bonchev–Trinajstić information content (AvgIpc) is 3.19. The summed E-state index contributed by atoms with van der Waals surface area (Å²) in [7, 11) is 0. The zero-order valence-electron chi connectivity index (χ0n) is 19.7. The number of rotatable bonds is 6. The topological polar surface area (TPSA) is 54.4 Å². The van der Waals surface area contributed by atoms with Crippen molar-refractivity contribution in [2.75, 3.05) is 6.26 Å². The van der Waals surface area contributed by atoms with Crippen LogP contribution in [0.25, 0.3) is 0 Å². The van der Waals surface area contributed by atoms with E-state index in [1.807, 2.05) is 6.07 Å². The lowest BCUT2D eigenvalue weighted by molar-refractivity contribution is -0.128. The Morgan fingerprint density at radius 2 is 1.85 bits per heavy atom. The molecule has 0 aliphatic heterocycles. The number of ketones is 1. The van der Waals surface area contributed by atoms with Gasteiger partial charge in [0.1, 0.15) is 5.78 Å². The van der Waals surface area contributed by atoms with E-state index in [0.29, 0.717) is 35.5 Å². The maximum absolute atomic E-state index is 13.4. The number of hydrogen-bond acceptors (Lipinski definition) is 3. The molecule has 0 bridgehead atoms. The van der Waals surface area contributed by atoms with Crippen LogP contribution in [0.1, 0.15) is 78.4 Å². The maximum atomic E-state index is 13.4. The largest absolute Gasteiger partial charge is 0.478 e. The molecule has 3 aliphatic carbocycles. The predicted molar refractivity (Wildman–Crippen MR) is 133 cm³/mol. The van der Waals surface area contributed by atoms with Gasteiger partial charge < -0.3 is 5.11 Å². The number of carbonyl (C=O) groups is 2. The number of benzene rings is 2. The SMILES string of the molecule is CSc1ccc(CCC(=O)[C@H]2CC[C@H]3[C@@H]4CCc5cc(C(=O)O)ccc5[C@H]4CC[C@]23C)cc1. The van der Waals surface area contributed by atoms with Crippen LogP contribution < -0.4 is 0 Å². The summed E-state index contributed by atoms with van der Waals surface area (Å²) in [6.07, 6.45) is 10.1. The predicted octanol–water partition coefficient (Wildman–Crippen LogP) is 6.78. The monoisotopic (exact) mass is 462 g/mol. The molecule has 0 heterocycles. The molecule has 33 heavy (non-hydrogen) atoms. The molecule has 2 aromatic carbocycles. The third-order valence-electron chi connectivity index (χ3n) is 9.18. The minimum absolute atomic E-state index is 0.124. The molecular formula is C29H34O3S. The van der Waals surface area contributed by atoms with Gasteiger partial charge in [0, 0.05) is 17.2 Å². The first kappa shape index (κ1) is 22.7. The number of fused-ring (bicyclic) bond motifs is 5. The normalized spacial score (nSPS) is 30.2. The van der Waals surface area contributed by atoms with Crippen molar-refractivity contribution < 1.29 is 14.7 Å². The second kappa shape index (κ2) is 8.94. The van der Waals surface area contributed by atoms with Crippen LogP contribution in [0.3, 0.4) is 0 Å². The molecule has 3 nitrogen and oxygen atoms in total. The van der Waals surface area contributed by atoms with Crippen LogP contribution in [0.15, 0.2) is 47.4 Å². The second-order valence-corrected chi connectivity index (χ2v) is 11.5. The minimum Gasteiger partial charge on any atom is -0.478 e. The second-order valence-electron chi connectivity index (χ2n) is 10.6. The zero-order chi connectivity index (χ0) is 23.2. The molecule has 4 heteroatoms. The summed E-state index contributed by atoms with van der Waals surface area (Å²) in [5, 5.41) is 9.36. The van der Waals surface area contributed by atoms with E-state index in [9.17, 15) is 14.7 Å². The molecule has 174 valence electrons. The van der Waals surface area contributed by atoms with Crippen molar-refractivity contribution in [1.82, 2.24) is 0 Å². The van der Waals surface area contributed by atoms with E-state index >= 15 is 0 Å².